The minimum Gasteiger partial charge on any atom is -0.393 e. The van der Waals surface area contributed by atoms with Gasteiger partial charge in [-0.2, -0.15) is 0 Å². The lowest BCUT2D eigenvalue weighted by atomic mass is 10.1. The van der Waals surface area contributed by atoms with E-state index in [1.54, 1.807) is 0 Å². The predicted octanol–water partition coefficient (Wildman–Crippen LogP) is 4.95. The van der Waals surface area contributed by atoms with Crippen LogP contribution in [0.25, 0.3) is 0 Å². The number of rotatable bonds is 10. The summed E-state index contributed by atoms with van der Waals surface area (Å²) < 4.78 is 4.86. The van der Waals surface area contributed by atoms with E-state index < -0.39 is 0 Å². The summed E-state index contributed by atoms with van der Waals surface area (Å²) >= 11 is 0. The monoisotopic (exact) mass is 314 g/mol. The van der Waals surface area contributed by atoms with Crippen molar-refractivity contribution in [1.29, 1.82) is 0 Å². The third-order valence-corrected chi connectivity index (χ3v) is 4.18. The second-order valence-corrected chi connectivity index (χ2v) is 6.17. The van der Waals surface area contributed by atoms with Crippen molar-refractivity contribution in [2.45, 2.75) is 64.2 Å². The summed E-state index contributed by atoms with van der Waals surface area (Å²) in [5, 5.41) is 0. The van der Waals surface area contributed by atoms with Crippen molar-refractivity contribution in [3.8, 4) is 0 Å². The number of ether oxygens (including phenoxy) is 1. The first kappa shape index (κ1) is 17.5. The molecule has 3 nitrogen and oxygen atoms in total. The van der Waals surface area contributed by atoms with Crippen LogP contribution in [0.5, 0.6) is 0 Å². The molecule has 0 heterocycles. The lowest BCUT2D eigenvalue weighted by molar-refractivity contribution is -0.159. The Morgan fingerprint density at radius 3 is 1.65 bits per heavy atom. The van der Waals surface area contributed by atoms with E-state index in [9.17, 15) is 9.59 Å². The van der Waals surface area contributed by atoms with Crippen molar-refractivity contribution >= 4 is 11.9 Å². The quantitative estimate of drug-likeness (QED) is 0.325. The molecule has 0 aliphatic heterocycles. The third kappa shape index (κ3) is 7.27. The molecule has 2 aliphatic rings. The van der Waals surface area contributed by atoms with Gasteiger partial charge in [0, 0.05) is 12.8 Å². The average Bonchev–Trinajstić information content (AvgIpc) is 3.21. The van der Waals surface area contributed by atoms with Gasteiger partial charge in [0.25, 0.3) is 0 Å². The van der Waals surface area contributed by atoms with Crippen LogP contribution in [0.15, 0.2) is 47.6 Å². The van der Waals surface area contributed by atoms with E-state index in [2.05, 4.69) is 36.5 Å². The molecular formula is C20H26O3. The van der Waals surface area contributed by atoms with Gasteiger partial charge in [0.05, 0.1) is 0 Å². The SMILES string of the molecule is O=C(CCCCC1=CC=CC1)OC(=O)CCCCC1=CC=CC1. The predicted molar refractivity (Wildman–Crippen MR) is 91.7 cm³/mol. The lowest BCUT2D eigenvalue weighted by Crippen LogP contribution is -2.11. The van der Waals surface area contributed by atoms with Crippen molar-refractivity contribution < 1.29 is 14.3 Å². The van der Waals surface area contributed by atoms with Crippen LogP contribution in [0.1, 0.15) is 64.2 Å². The van der Waals surface area contributed by atoms with Gasteiger partial charge in [0.1, 0.15) is 0 Å². The Bertz CT molecular complexity index is 487. The van der Waals surface area contributed by atoms with Gasteiger partial charge < -0.3 is 4.74 Å². The molecule has 0 aromatic heterocycles. The molecule has 0 amide bonds. The zero-order valence-electron chi connectivity index (χ0n) is 13.8. The Labute approximate surface area is 138 Å². The van der Waals surface area contributed by atoms with Crippen LogP contribution in [0.2, 0.25) is 0 Å². The number of unbranched alkanes of at least 4 members (excludes halogenated alkanes) is 2. The second-order valence-electron chi connectivity index (χ2n) is 6.17. The van der Waals surface area contributed by atoms with E-state index in [-0.39, 0.29) is 11.9 Å². The molecule has 2 rings (SSSR count). The first-order valence-electron chi connectivity index (χ1n) is 8.66. The molecular weight excluding hydrogens is 288 g/mol. The molecule has 0 radical (unpaired) electrons. The number of carbonyl (C=O) groups excluding carboxylic acids is 2. The molecule has 0 saturated heterocycles. The molecule has 0 N–H and O–H groups in total. The lowest BCUT2D eigenvalue weighted by Gasteiger charge is -2.04. The Hall–Kier alpha value is -1.90. The van der Waals surface area contributed by atoms with Gasteiger partial charge in [-0.15, -0.1) is 0 Å². The number of carbonyl (C=O) groups is 2. The molecule has 124 valence electrons. The van der Waals surface area contributed by atoms with Crippen LogP contribution < -0.4 is 0 Å². The zero-order valence-corrected chi connectivity index (χ0v) is 13.8. The molecule has 23 heavy (non-hydrogen) atoms. The molecule has 2 aliphatic carbocycles. The first-order chi connectivity index (χ1) is 11.2. The molecule has 0 spiro atoms. The Kier molecular flexibility index (Phi) is 7.58. The fraction of sp³-hybridized carbons (Fsp3) is 0.500. The highest BCUT2D eigenvalue weighted by molar-refractivity contribution is 5.85. The van der Waals surface area contributed by atoms with Crippen molar-refractivity contribution in [3.05, 3.63) is 47.6 Å². The molecule has 0 atom stereocenters. The van der Waals surface area contributed by atoms with E-state index in [1.165, 1.54) is 11.1 Å². The second kappa shape index (κ2) is 9.98. The molecule has 0 aromatic carbocycles. The Morgan fingerprint density at radius 1 is 0.783 bits per heavy atom. The van der Waals surface area contributed by atoms with Crippen molar-refractivity contribution in [2.75, 3.05) is 0 Å². The molecule has 3 heteroatoms. The fourth-order valence-corrected chi connectivity index (χ4v) is 2.83. The first-order valence-corrected chi connectivity index (χ1v) is 8.66. The van der Waals surface area contributed by atoms with E-state index in [0.717, 1.165) is 51.4 Å². The number of hydrogen-bond acceptors (Lipinski definition) is 3. The molecule has 0 fully saturated rings. The van der Waals surface area contributed by atoms with Crippen LogP contribution in [0.4, 0.5) is 0 Å². The van der Waals surface area contributed by atoms with E-state index in [0.29, 0.717) is 12.8 Å². The summed E-state index contributed by atoms with van der Waals surface area (Å²) in [4.78, 5) is 23.2. The van der Waals surface area contributed by atoms with Crippen molar-refractivity contribution in [3.63, 3.8) is 0 Å². The highest BCUT2D eigenvalue weighted by atomic mass is 16.6. The molecule has 0 aromatic rings. The summed E-state index contributed by atoms with van der Waals surface area (Å²) in [5.41, 5.74) is 2.84. The zero-order chi connectivity index (χ0) is 16.3. The van der Waals surface area contributed by atoms with Gasteiger partial charge in [0.2, 0.25) is 0 Å². The van der Waals surface area contributed by atoms with Gasteiger partial charge in [-0.3, -0.25) is 9.59 Å². The Morgan fingerprint density at radius 2 is 1.26 bits per heavy atom. The van der Waals surface area contributed by atoms with Crippen LogP contribution >= 0.6 is 0 Å². The smallest absolute Gasteiger partial charge is 0.313 e. The van der Waals surface area contributed by atoms with Gasteiger partial charge >= 0.3 is 11.9 Å². The van der Waals surface area contributed by atoms with Crippen LogP contribution in [-0.4, -0.2) is 11.9 Å². The highest BCUT2D eigenvalue weighted by Crippen LogP contribution is 2.19. The van der Waals surface area contributed by atoms with Crippen molar-refractivity contribution in [2.24, 2.45) is 0 Å². The molecule has 0 unspecified atom stereocenters. The maximum atomic E-state index is 11.6. The van der Waals surface area contributed by atoms with Gasteiger partial charge in [-0.1, -0.05) is 47.6 Å². The maximum Gasteiger partial charge on any atom is 0.313 e. The van der Waals surface area contributed by atoms with Crippen molar-refractivity contribution in [1.82, 2.24) is 0 Å². The van der Waals surface area contributed by atoms with E-state index in [1.807, 2.05) is 0 Å². The highest BCUT2D eigenvalue weighted by Gasteiger charge is 2.10. The maximum absolute atomic E-state index is 11.6. The topological polar surface area (TPSA) is 43.4 Å². The van der Waals surface area contributed by atoms with E-state index in [4.69, 9.17) is 4.74 Å². The summed E-state index contributed by atoms with van der Waals surface area (Å²) in [6.07, 6.45) is 21.0. The number of hydrogen-bond donors (Lipinski definition) is 0. The van der Waals surface area contributed by atoms with Gasteiger partial charge in [0.15, 0.2) is 0 Å². The number of esters is 2. The third-order valence-electron chi connectivity index (χ3n) is 4.18. The van der Waals surface area contributed by atoms with Gasteiger partial charge in [-0.25, -0.2) is 0 Å². The summed E-state index contributed by atoms with van der Waals surface area (Å²) in [7, 11) is 0. The molecule has 0 saturated carbocycles. The minimum atomic E-state index is -0.378. The van der Waals surface area contributed by atoms with E-state index >= 15 is 0 Å². The van der Waals surface area contributed by atoms with Crippen LogP contribution in [0, 0.1) is 0 Å². The normalized spacial score (nSPS) is 15.7. The summed E-state index contributed by atoms with van der Waals surface area (Å²) in [6, 6.07) is 0. The standard InChI is InChI=1S/C20H26O3/c21-19(15-7-5-13-17-9-1-2-10-17)23-20(22)16-8-6-14-18-11-3-4-12-18/h1-4,9,11H,5-8,10,12-16H2. The summed E-state index contributed by atoms with van der Waals surface area (Å²) in [6.45, 7) is 0. The van der Waals surface area contributed by atoms with Crippen LogP contribution in [0.3, 0.4) is 0 Å². The molecule has 0 bridgehead atoms. The number of allylic oxidation sites excluding steroid dienone is 8. The Balaban J connectivity index is 1.44. The minimum absolute atomic E-state index is 0.338. The average molecular weight is 314 g/mol. The fourth-order valence-electron chi connectivity index (χ4n) is 2.83. The largest absolute Gasteiger partial charge is 0.393 e. The van der Waals surface area contributed by atoms with Gasteiger partial charge in [-0.05, 0) is 51.4 Å². The summed E-state index contributed by atoms with van der Waals surface area (Å²) in [5.74, 6) is -0.757. The van der Waals surface area contributed by atoms with Crippen LogP contribution in [-0.2, 0) is 14.3 Å².